The average Bonchev–Trinajstić information content (AvgIpc) is 2.62. The minimum Gasteiger partial charge on any atom is -0.465 e. The van der Waals surface area contributed by atoms with E-state index in [0.717, 1.165) is 12.8 Å². The van der Waals surface area contributed by atoms with Gasteiger partial charge in [-0.25, -0.2) is 0 Å². The number of aliphatic hydroxyl groups is 1. The van der Waals surface area contributed by atoms with Gasteiger partial charge in [-0.1, -0.05) is 84.0 Å². The molecule has 0 aliphatic rings. The first-order valence-corrected chi connectivity index (χ1v) is 10.1. The number of carbonyl (C=O) groups excluding carboxylic acids is 2. The Bertz CT molecular complexity index is 306. The van der Waals surface area contributed by atoms with E-state index in [2.05, 4.69) is 11.7 Å². The summed E-state index contributed by atoms with van der Waals surface area (Å²) in [5.74, 6) is -0.298. The molecular weight excluding hydrogens is 320 g/mol. The molecule has 0 heterocycles. The maximum absolute atomic E-state index is 11.5. The van der Waals surface area contributed by atoms with Crippen LogP contribution in [0.1, 0.15) is 96.8 Å². The van der Waals surface area contributed by atoms with Gasteiger partial charge in [0.05, 0.1) is 0 Å². The summed E-state index contributed by atoms with van der Waals surface area (Å²) in [6.45, 7) is 2.25. The van der Waals surface area contributed by atoms with E-state index in [0.29, 0.717) is 6.42 Å². The Morgan fingerprint density at radius 2 is 1.32 bits per heavy atom. The van der Waals surface area contributed by atoms with Crippen molar-refractivity contribution in [1.29, 1.82) is 0 Å². The van der Waals surface area contributed by atoms with E-state index in [-0.39, 0.29) is 25.7 Å². The van der Waals surface area contributed by atoms with Gasteiger partial charge >= 0.3 is 5.97 Å². The topological polar surface area (TPSA) is 72.8 Å². The van der Waals surface area contributed by atoms with Crippen molar-refractivity contribution >= 4 is 12.4 Å². The number of carbonyl (C=O) groups is 2. The molecule has 0 aromatic heterocycles. The van der Waals surface area contributed by atoms with Crippen LogP contribution in [0.15, 0.2) is 0 Å². The lowest BCUT2D eigenvalue weighted by Crippen LogP contribution is -2.23. The van der Waals surface area contributed by atoms with Gasteiger partial charge in [-0.2, -0.15) is 0 Å². The molecular formula is C20H38O5. The lowest BCUT2D eigenvalue weighted by molar-refractivity contribution is -0.148. The van der Waals surface area contributed by atoms with E-state index < -0.39 is 6.10 Å². The molecule has 1 N–H and O–H groups in total. The molecule has 0 aromatic rings. The minimum atomic E-state index is -0.944. The van der Waals surface area contributed by atoms with Gasteiger partial charge in [0.15, 0.2) is 0 Å². The van der Waals surface area contributed by atoms with Crippen LogP contribution in [0.5, 0.6) is 0 Å². The highest BCUT2D eigenvalue weighted by Gasteiger charge is 2.09. The predicted molar refractivity (Wildman–Crippen MR) is 99.3 cm³/mol. The quantitative estimate of drug-likeness (QED) is 0.208. The Morgan fingerprint density at radius 1 is 0.840 bits per heavy atom. The second kappa shape index (κ2) is 19.2. The van der Waals surface area contributed by atoms with Crippen LogP contribution in [-0.2, 0) is 19.1 Å². The third-order valence-electron chi connectivity index (χ3n) is 4.28. The van der Waals surface area contributed by atoms with Crippen LogP contribution in [0.4, 0.5) is 0 Å². The molecule has 0 spiro atoms. The first-order chi connectivity index (χ1) is 12.2. The van der Waals surface area contributed by atoms with E-state index in [4.69, 9.17) is 4.74 Å². The monoisotopic (exact) mass is 358 g/mol. The smallest absolute Gasteiger partial charge is 0.305 e. The molecule has 148 valence electrons. The van der Waals surface area contributed by atoms with Crippen LogP contribution in [0, 0.1) is 0 Å². The second-order valence-electron chi connectivity index (χ2n) is 6.76. The number of hydrogen-bond donors (Lipinski definition) is 1. The van der Waals surface area contributed by atoms with Crippen molar-refractivity contribution in [1.82, 2.24) is 0 Å². The van der Waals surface area contributed by atoms with Gasteiger partial charge in [0, 0.05) is 6.42 Å². The van der Waals surface area contributed by atoms with Gasteiger partial charge in [-0.05, 0) is 6.42 Å². The predicted octanol–water partition coefficient (Wildman–Crippen LogP) is 4.54. The zero-order chi connectivity index (χ0) is 18.6. The molecule has 0 radical (unpaired) electrons. The Morgan fingerprint density at radius 3 is 1.80 bits per heavy atom. The molecule has 5 nitrogen and oxygen atoms in total. The fourth-order valence-electron chi connectivity index (χ4n) is 2.75. The second-order valence-corrected chi connectivity index (χ2v) is 6.76. The van der Waals surface area contributed by atoms with Crippen LogP contribution in [0.2, 0.25) is 0 Å². The van der Waals surface area contributed by atoms with Crippen molar-refractivity contribution in [2.45, 2.75) is 103 Å². The maximum Gasteiger partial charge on any atom is 0.305 e. The number of unbranched alkanes of at least 4 members (excludes halogenated alkanes) is 12. The summed E-state index contributed by atoms with van der Waals surface area (Å²) < 4.78 is 9.31. The fraction of sp³-hybridized carbons (Fsp3) is 0.900. The number of rotatable bonds is 19. The van der Waals surface area contributed by atoms with Gasteiger partial charge < -0.3 is 14.6 Å². The van der Waals surface area contributed by atoms with Gasteiger partial charge in [-0.15, -0.1) is 0 Å². The summed E-state index contributed by atoms with van der Waals surface area (Å²) in [6, 6.07) is 0. The van der Waals surface area contributed by atoms with E-state index in [9.17, 15) is 14.7 Å². The van der Waals surface area contributed by atoms with Crippen molar-refractivity contribution in [3.8, 4) is 0 Å². The molecule has 0 aliphatic heterocycles. The SMILES string of the molecule is CCCCCCCCCCCCCCCC(=O)OCC(O)COC=O. The lowest BCUT2D eigenvalue weighted by atomic mass is 10.0. The van der Waals surface area contributed by atoms with E-state index >= 15 is 0 Å². The van der Waals surface area contributed by atoms with Gasteiger partial charge in [-0.3, -0.25) is 9.59 Å². The molecule has 25 heavy (non-hydrogen) atoms. The van der Waals surface area contributed by atoms with Crippen LogP contribution in [0.3, 0.4) is 0 Å². The molecule has 1 atom stereocenters. The number of esters is 1. The van der Waals surface area contributed by atoms with Gasteiger partial charge in [0.25, 0.3) is 6.47 Å². The van der Waals surface area contributed by atoms with Crippen molar-refractivity contribution in [2.75, 3.05) is 13.2 Å². The Kier molecular flexibility index (Phi) is 18.4. The summed E-state index contributed by atoms with van der Waals surface area (Å²) in [6.07, 6.45) is 15.9. The molecule has 1 unspecified atom stereocenters. The number of hydrogen-bond acceptors (Lipinski definition) is 5. The Hall–Kier alpha value is -1.10. The molecule has 0 aromatic carbocycles. The van der Waals surface area contributed by atoms with Crippen molar-refractivity contribution in [2.24, 2.45) is 0 Å². The van der Waals surface area contributed by atoms with Crippen LogP contribution in [-0.4, -0.2) is 36.9 Å². The highest BCUT2D eigenvalue weighted by atomic mass is 16.6. The van der Waals surface area contributed by atoms with E-state index in [1.54, 1.807) is 0 Å². The molecule has 5 heteroatoms. The summed E-state index contributed by atoms with van der Waals surface area (Å²) in [4.78, 5) is 21.4. The minimum absolute atomic E-state index is 0.120. The van der Waals surface area contributed by atoms with Gasteiger partial charge in [0.2, 0.25) is 0 Å². The lowest BCUT2D eigenvalue weighted by Gasteiger charge is -2.10. The van der Waals surface area contributed by atoms with Crippen LogP contribution < -0.4 is 0 Å². The molecule has 0 fully saturated rings. The largest absolute Gasteiger partial charge is 0.465 e. The molecule has 0 rings (SSSR count). The standard InChI is InChI=1S/C20H38O5/c1-2-3-4-5-6-7-8-9-10-11-12-13-14-15-20(23)25-17-19(22)16-24-18-21/h18-19,22H,2-17H2,1H3. The van der Waals surface area contributed by atoms with E-state index in [1.165, 1.54) is 70.6 Å². The first-order valence-electron chi connectivity index (χ1n) is 10.1. The number of ether oxygens (including phenoxy) is 2. The van der Waals surface area contributed by atoms with E-state index in [1.807, 2.05) is 0 Å². The molecule has 0 saturated heterocycles. The Balaban J connectivity index is 3.22. The normalized spacial score (nSPS) is 11.9. The molecule has 0 amide bonds. The molecule has 0 aliphatic carbocycles. The zero-order valence-electron chi connectivity index (χ0n) is 16.0. The first kappa shape index (κ1) is 23.9. The van der Waals surface area contributed by atoms with Crippen LogP contribution >= 0.6 is 0 Å². The molecule has 0 saturated carbocycles. The average molecular weight is 359 g/mol. The van der Waals surface area contributed by atoms with Crippen LogP contribution in [0.25, 0.3) is 0 Å². The summed E-state index contributed by atoms with van der Waals surface area (Å²) in [5.41, 5.74) is 0. The third-order valence-corrected chi connectivity index (χ3v) is 4.28. The highest BCUT2D eigenvalue weighted by Crippen LogP contribution is 2.13. The Labute approximate surface area is 153 Å². The summed E-state index contributed by atoms with van der Waals surface area (Å²) >= 11 is 0. The third kappa shape index (κ3) is 19.1. The number of aliphatic hydroxyl groups excluding tert-OH is 1. The zero-order valence-corrected chi connectivity index (χ0v) is 16.0. The fourth-order valence-corrected chi connectivity index (χ4v) is 2.75. The van der Waals surface area contributed by atoms with Gasteiger partial charge in [0.1, 0.15) is 19.3 Å². The van der Waals surface area contributed by atoms with Crippen molar-refractivity contribution in [3.05, 3.63) is 0 Å². The maximum atomic E-state index is 11.5. The summed E-state index contributed by atoms with van der Waals surface area (Å²) in [5, 5.41) is 9.35. The molecule has 0 bridgehead atoms. The highest BCUT2D eigenvalue weighted by molar-refractivity contribution is 5.69. The van der Waals surface area contributed by atoms with Crippen molar-refractivity contribution in [3.63, 3.8) is 0 Å². The van der Waals surface area contributed by atoms with Crippen molar-refractivity contribution < 1.29 is 24.2 Å². The summed E-state index contributed by atoms with van der Waals surface area (Å²) in [7, 11) is 0.